The molecule has 1 heterocycles. The normalized spacial score (nSPS) is 22.5. The maximum absolute atomic E-state index is 12.2. The molecule has 1 aliphatic heterocycles. The molecule has 1 saturated heterocycles. The van der Waals surface area contributed by atoms with E-state index in [-0.39, 0.29) is 23.0 Å². The maximum atomic E-state index is 12.2. The van der Waals surface area contributed by atoms with Gasteiger partial charge in [0.1, 0.15) is 0 Å². The number of benzene rings is 1. The number of nitrogens with one attached hydrogen (secondary N) is 1. The summed E-state index contributed by atoms with van der Waals surface area (Å²) in [6.07, 6.45) is 2.73. The molecule has 4 nitrogen and oxygen atoms in total. The van der Waals surface area contributed by atoms with Gasteiger partial charge in [-0.15, -0.1) is 0 Å². The first-order chi connectivity index (χ1) is 11.3. The van der Waals surface area contributed by atoms with E-state index in [4.69, 9.17) is 4.74 Å². The highest BCUT2D eigenvalue weighted by Gasteiger charge is 2.31. The van der Waals surface area contributed by atoms with Gasteiger partial charge in [-0.1, -0.05) is 51.1 Å². The molecule has 24 heavy (non-hydrogen) atoms. The zero-order valence-corrected chi connectivity index (χ0v) is 15.9. The highest BCUT2D eigenvalue weighted by molar-refractivity contribution is 7.91. The van der Waals surface area contributed by atoms with Crippen LogP contribution in [-0.2, 0) is 21.0 Å². The van der Waals surface area contributed by atoms with Crippen LogP contribution in [-0.4, -0.2) is 45.2 Å². The van der Waals surface area contributed by atoms with Crippen LogP contribution in [0.3, 0.4) is 0 Å². The first-order valence-electron chi connectivity index (χ1n) is 8.85. The van der Waals surface area contributed by atoms with Crippen LogP contribution in [0.4, 0.5) is 0 Å². The van der Waals surface area contributed by atoms with Gasteiger partial charge in [-0.25, -0.2) is 8.42 Å². The van der Waals surface area contributed by atoms with Crippen molar-refractivity contribution >= 4 is 9.84 Å². The van der Waals surface area contributed by atoms with Crippen molar-refractivity contribution in [1.82, 2.24) is 5.32 Å². The van der Waals surface area contributed by atoms with Gasteiger partial charge in [-0.2, -0.15) is 0 Å². The Morgan fingerprint density at radius 3 is 2.54 bits per heavy atom. The van der Waals surface area contributed by atoms with Crippen LogP contribution in [0.25, 0.3) is 0 Å². The van der Waals surface area contributed by atoms with Gasteiger partial charge in [-0.05, 0) is 30.2 Å². The van der Waals surface area contributed by atoms with Gasteiger partial charge >= 0.3 is 0 Å². The monoisotopic (exact) mass is 353 g/mol. The van der Waals surface area contributed by atoms with Gasteiger partial charge < -0.3 is 10.1 Å². The third kappa shape index (κ3) is 6.54. The van der Waals surface area contributed by atoms with E-state index in [1.807, 2.05) is 30.3 Å². The van der Waals surface area contributed by atoms with E-state index in [2.05, 4.69) is 26.1 Å². The lowest BCUT2D eigenvalue weighted by Gasteiger charge is -2.38. The van der Waals surface area contributed by atoms with Crippen LogP contribution < -0.4 is 5.32 Å². The van der Waals surface area contributed by atoms with Gasteiger partial charge in [0.2, 0.25) is 0 Å². The number of sulfone groups is 1. The van der Waals surface area contributed by atoms with Crippen LogP contribution in [0.2, 0.25) is 0 Å². The molecule has 1 fully saturated rings. The zero-order valence-electron chi connectivity index (χ0n) is 15.1. The summed E-state index contributed by atoms with van der Waals surface area (Å²) < 4.78 is 30.3. The van der Waals surface area contributed by atoms with Crippen molar-refractivity contribution in [2.24, 2.45) is 5.41 Å². The summed E-state index contributed by atoms with van der Waals surface area (Å²) in [5, 5.41) is 3.42. The van der Waals surface area contributed by atoms with Crippen molar-refractivity contribution in [2.45, 2.75) is 52.2 Å². The fourth-order valence-corrected chi connectivity index (χ4v) is 4.20. The topological polar surface area (TPSA) is 55.4 Å². The summed E-state index contributed by atoms with van der Waals surface area (Å²) in [7, 11) is -3.02. The van der Waals surface area contributed by atoms with Crippen LogP contribution in [0, 0.1) is 5.41 Å². The molecule has 0 aliphatic carbocycles. The lowest BCUT2D eigenvalue weighted by Crippen LogP contribution is -2.45. The molecule has 1 N–H and O–H groups in total. The quantitative estimate of drug-likeness (QED) is 0.819. The Balaban J connectivity index is 1.72. The molecule has 2 atom stereocenters. The predicted molar refractivity (Wildman–Crippen MR) is 99.0 cm³/mol. The highest BCUT2D eigenvalue weighted by Crippen LogP contribution is 2.29. The average Bonchev–Trinajstić information content (AvgIpc) is 2.53. The highest BCUT2D eigenvalue weighted by atomic mass is 32.2. The van der Waals surface area contributed by atoms with Crippen molar-refractivity contribution in [1.29, 1.82) is 0 Å². The summed E-state index contributed by atoms with van der Waals surface area (Å²) in [6.45, 7) is 7.84. The molecule has 1 aromatic rings. The molecule has 136 valence electrons. The standard InChI is InChI=1S/C19H31NO3S/c1-19(2,3)18-15-17(9-12-23-18)20-11-14-24(21,22)13-10-16-7-5-4-6-8-16/h4-8,17-18,20H,9-15H2,1-3H3. The molecule has 1 aliphatic rings. The van der Waals surface area contributed by atoms with Crippen molar-refractivity contribution in [3.05, 3.63) is 35.9 Å². The minimum Gasteiger partial charge on any atom is -0.378 e. The van der Waals surface area contributed by atoms with Crippen LogP contribution >= 0.6 is 0 Å². The summed E-state index contributed by atoms with van der Waals surface area (Å²) in [4.78, 5) is 0. The molecule has 0 amide bonds. The lowest BCUT2D eigenvalue weighted by molar-refractivity contribution is -0.0578. The minimum absolute atomic E-state index is 0.127. The molecule has 0 spiro atoms. The van der Waals surface area contributed by atoms with Gasteiger partial charge in [0.25, 0.3) is 0 Å². The molecule has 2 unspecified atom stereocenters. The van der Waals surface area contributed by atoms with Crippen LogP contribution in [0.15, 0.2) is 30.3 Å². The van der Waals surface area contributed by atoms with E-state index in [9.17, 15) is 8.42 Å². The van der Waals surface area contributed by atoms with Crippen molar-refractivity contribution in [3.63, 3.8) is 0 Å². The third-order valence-corrected chi connectivity index (χ3v) is 6.29. The Kier molecular flexibility index (Phi) is 6.84. The summed E-state index contributed by atoms with van der Waals surface area (Å²) in [5.74, 6) is 0.425. The van der Waals surface area contributed by atoms with Crippen molar-refractivity contribution in [3.8, 4) is 0 Å². The molecule has 0 radical (unpaired) electrons. The maximum Gasteiger partial charge on any atom is 0.151 e. The Morgan fingerprint density at radius 2 is 1.88 bits per heavy atom. The fraction of sp³-hybridized carbons (Fsp3) is 0.684. The number of hydrogen-bond acceptors (Lipinski definition) is 4. The number of aryl methyl sites for hydroxylation is 1. The number of hydrogen-bond donors (Lipinski definition) is 1. The first-order valence-corrected chi connectivity index (χ1v) is 10.7. The number of ether oxygens (including phenoxy) is 1. The molecule has 2 rings (SSSR count). The second-order valence-corrected chi connectivity index (χ2v) is 10.1. The predicted octanol–water partition coefficient (Wildman–Crippen LogP) is 2.83. The summed E-state index contributed by atoms with van der Waals surface area (Å²) in [6, 6.07) is 10.1. The molecular formula is C19H31NO3S. The number of rotatable bonds is 7. The smallest absolute Gasteiger partial charge is 0.151 e. The summed E-state index contributed by atoms with van der Waals surface area (Å²) >= 11 is 0. The van der Waals surface area contributed by atoms with Crippen molar-refractivity contribution < 1.29 is 13.2 Å². The Labute approximate surface area is 146 Å². The Bertz CT molecular complexity index is 593. The minimum atomic E-state index is -3.02. The average molecular weight is 354 g/mol. The van der Waals surface area contributed by atoms with E-state index in [0.29, 0.717) is 19.0 Å². The molecule has 0 saturated carbocycles. The van der Waals surface area contributed by atoms with Crippen LogP contribution in [0.5, 0.6) is 0 Å². The van der Waals surface area contributed by atoms with Gasteiger partial charge in [0, 0.05) is 19.2 Å². The van der Waals surface area contributed by atoms with E-state index >= 15 is 0 Å². The van der Waals surface area contributed by atoms with E-state index in [0.717, 1.165) is 25.0 Å². The molecule has 0 bridgehead atoms. The van der Waals surface area contributed by atoms with E-state index < -0.39 is 9.84 Å². The van der Waals surface area contributed by atoms with Crippen LogP contribution in [0.1, 0.15) is 39.2 Å². The van der Waals surface area contributed by atoms with Gasteiger partial charge in [-0.3, -0.25) is 0 Å². The molecule has 5 heteroatoms. The van der Waals surface area contributed by atoms with Crippen molar-refractivity contribution in [2.75, 3.05) is 24.7 Å². The zero-order chi connectivity index (χ0) is 17.6. The second-order valence-electron chi connectivity index (χ2n) is 7.79. The van der Waals surface area contributed by atoms with E-state index in [1.165, 1.54) is 0 Å². The van der Waals surface area contributed by atoms with Gasteiger partial charge in [0.05, 0.1) is 17.6 Å². The lowest BCUT2D eigenvalue weighted by atomic mass is 9.83. The SMILES string of the molecule is CC(C)(C)C1CC(NCCS(=O)(=O)CCc2ccccc2)CCO1. The third-order valence-electron chi connectivity index (χ3n) is 4.64. The fourth-order valence-electron chi connectivity index (χ4n) is 3.02. The molecular weight excluding hydrogens is 322 g/mol. The van der Waals surface area contributed by atoms with E-state index in [1.54, 1.807) is 0 Å². The second kappa shape index (κ2) is 8.45. The molecule has 1 aromatic carbocycles. The van der Waals surface area contributed by atoms with Gasteiger partial charge in [0.15, 0.2) is 9.84 Å². The Morgan fingerprint density at radius 1 is 1.17 bits per heavy atom. The first kappa shape index (κ1) is 19.4. The largest absolute Gasteiger partial charge is 0.378 e. The Hall–Kier alpha value is -0.910. The summed E-state index contributed by atoms with van der Waals surface area (Å²) in [5.41, 5.74) is 1.20. The molecule has 0 aromatic heterocycles.